The van der Waals surface area contributed by atoms with Gasteiger partial charge in [0.2, 0.25) is 5.91 Å². The molecule has 5 heteroatoms. The van der Waals surface area contributed by atoms with E-state index in [1.165, 1.54) is 13.1 Å². The maximum absolute atomic E-state index is 12.9. The van der Waals surface area contributed by atoms with Crippen molar-refractivity contribution in [3.63, 3.8) is 0 Å². The van der Waals surface area contributed by atoms with Crippen LogP contribution in [-0.4, -0.2) is 25.8 Å². The Morgan fingerprint density at radius 3 is 2.88 bits per heavy atom. The number of benzene rings is 1. The summed E-state index contributed by atoms with van der Waals surface area (Å²) in [5.74, 6) is -0.461. The van der Waals surface area contributed by atoms with E-state index in [-0.39, 0.29) is 30.2 Å². The smallest absolute Gasteiger partial charge is 0.223 e. The van der Waals surface area contributed by atoms with Crippen LogP contribution < -0.4 is 10.1 Å². The lowest BCUT2D eigenvalue weighted by Crippen LogP contribution is -2.20. The second-order valence-corrected chi connectivity index (χ2v) is 3.11. The predicted molar refractivity (Wildman–Crippen MR) is 56.0 cm³/mol. The zero-order valence-corrected chi connectivity index (χ0v) is 8.83. The first-order valence-corrected chi connectivity index (χ1v) is 4.75. The molecule has 0 aliphatic carbocycles. The molecule has 0 spiro atoms. The molecule has 1 aromatic carbocycles. The summed E-state index contributed by atoms with van der Waals surface area (Å²) in [6, 6.07) is 3.69. The van der Waals surface area contributed by atoms with Crippen molar-refractivity contribution in [2.24, 2.45) is 0 Å². The number of rotatable bonds is 5. The van der Waals surface area contributed by atoms with Gasteiger partial charge >= 0.3 is 0 Å². The van der Waals surface area contributed by atoms with Crippen LogP contribution in [0.2, 0.25) is 0 Å². The van der Waals surface area contributed by atoms with Crippen LogP contribution in [0.15, 0.2) is 18.2 Å². The zero-order valence-electron chi connectivity index (χ0n) is 8.83. The normalized spacial score (nSPS) is 9.62. The molecule has 1 aromatic rings. The molecule has 1 amide bonds. The molecule has 0 aromatic heterocycles. The van der Waals surface area contributed by atoms with E-state index in [1.54, 1.807) is 0 Å². The van der Waals surface area contributed by atoms with Crippen LogP contribution in [0.25, 0.3) is 0 Å². The molecule has 0 atom stereocenters. The average Bonchev–Trinajstić information content (AvgIpc) is 2.28. The predicted octanol–water partition coefficient (Wildman–Crippen LogP) is 1.15. The van der Waals surface area contributed by atoms with Crippen LogP contribution in [-0.2, 0) is 4.79 Å². The number of halogens is 1. The number of hydrogen-bond donors (Lipinski definition) is 1. The Kier molecular flexibility index (Phi) is 4.44. The summed E-state index contributed by atoms with van der Waals surface area (Å²) in [4.78, 5) is 21.3. The van der Waals surface area contributed by atoms with Gasteiger partial charge in [-0.15, -0.1) is 0 Å². The molecular weight excluding hydrogens is 213 g/mol. The van der Waals surface area contributed by atoms with Gasteiger partial charge in [-0.2, -0.15) is 0 Å². The monoisotopic (exact) mass is 225 g/mol. The largest absolute Gasteiger partial charge is 0.493 e. The first-order chi connectivity index (χ1) is 7.65. The fourth-order valence-electron chi connectivity index (χ4n) is 1.12. The Morgan fingerprint density at radius 1 is 1.50 bits per heavy atom. The SMILES string of the molecule is CNC(=O)CCOc1cc(F)cc(C=O)c1. The lowest BCUT2D eigenvalue weighted by Gasteiger charge is -2.06. The van der Waals surface area contributed by atoms with Crippen LogP contribution in [0, 0.1) is 5.82 Å². The van der Waals surface area contributed by atoms with Crippen molar-refractivity contribution in [2.45, 2.75) is 6.42 Å². The lowest BCUT2D eigenvalue weighted by molar-refractivity contribution is -0.121. The highest BCUT2D eigenvalue weighted by atomic mass is 19.1. The van der Waals surface area contributed by atoms with E-state index in [1.807, 2.05) is 0 Å². The van der Waals surface area contributed by atoms with Crippen LogP contribution in [0.1, 0.15) is 16.8 Å². The van der Waals surface area contributed by atoms with Gasteiger partial charge in [0.15, 0.2) is 0 Å². The molecule has 0 radical (unpaired) electrons. The fourth-order valence-corrected chi connectivity index (χ4v) is 1.12. The van der Waals surface area contributed by atoms with Gasteiger partial charge < -0.3 is 10.1 Å². The molecule has 4 nitrogen and oxygen atoms in total. The minimum Gasteiger partial charge on any atom is -0.493 e. The molecule has 0 aliphatic heterocycles. The Morgan fingerprint density at radius 2 is 2.25 bits per heavy atom. The standard InChI is InChI=1S/C11H12FNO3/c1-13-11(15)2-3-16-10-5-8(7-14)4-9(12)6-10/h4-7H,2-3H2,1H3,(H,13,15). The van der Waals surface area contributed by atoms with E-state index >= 15 is 0 Å². The fraction of sp³-hybridized carbons (Fsp3) is 0.273. The van der Waals surface area contributed by atoms with Crippen molar-refractivity contribution in [1.29, 1.82) is 0 Å². The van der Waals surface area contributed by atoms with Crippen molar-refractivity contribution in [3.8, 4) is 5.75 Å². The highest BCUT2D eigenvalue weighted by Crippen LogP contribution is 2.15. The van der Waals surface area contributed by atoms with E-state index in [4.69, 9.17) is 4.74 Å². The lowest BCUT2D eigenvalue weighted by atomic mass is 10.2. The molecule has 0 bridgehead atoms. The Labute approximate surface area is 92.4 Å². The summed E-state index contributed by atoms with van der Waals surface area (Å²) in [6.07, 6.45) is 0.720. The first kappa shape index (κ1) is 12.2. The number of carbonyl (C=O) groups excluding carboxylic acids is 2. The highest BCUT2D eigenvalue weighted by molar-refractivity contribution is 5.76. The molecule has 0 unspecified atom stereocenters. The molecule has 0 heterocycles. The Hall–Kier alpha value is -1.91. The van der Waals surface area contributed by atoms with Gasteiger partial charge in [0.05, 0.1) is 13.0 Å². The van der Waals surface area contributed by atoms with Gasteiger partial charge in [0.25, 0.3) is 0 Å². The van der Waals surface area contributed by atoms with Gasteiger partial charge in [-0.1, -0.05) is 0 Å². The quantitative estimate of drug-likeness (QED) is 0.765. The topological polar surface area (TPSA) is 55.4 Å². The molecule has 0 fully saturated rings. The third kappa shape index (κ3) is 3.68. The first-order valence-electron chi connectivity index (χ1n) is 4.75. The molecule has 0 aliphatic rings. The van der Waals surface area contributed by atoms with E-state index in [2.05, 4.69) is 5.32 Å². The Bertz CT molecular complexity index is 393. The number of hydrogen-bond acceptors (Lipinski definition) is 3. The van der Waals surface area contributed by atoms with Gasteiger partial charge in [0, 0.05) is 18.7 Å². The van der Waals surface area contributed by atoms with Gasteiger partial charge in [0.1, 0.15) is 17.9 Å². The molecule has 0 saturated heterocycles. The maximum atomic E-state index is 12.9. The van der Waals surface area contributed by atoms with E-state index in [0.29, 0.717) is 6.29 Å². The number of aldehydes is 1. The molecule has 0 saturated carbocycles. The summed E-state index contributed by atoms with van der Waals surface area (Å²) < 4.78 is 18.1. The molecule has 1 rings (SSSR count). The molecule has 1 N–H and O–H groups in total. The van der Waals surface area contributed by atoms with Gasteiger partial charge in [-0.25, -0.2) is 4.39 Å². The van der Waals surface area contributed by atoms with Crippen LogP contribution in [0.3, 0.4) is 0 Å². The van der Waals surface area contributed by atoms with Crippen molar-refractivity contribution in [2.75, 3.05) is 13.7 Å². The highest BCUT2D eigenvalue weighted by Gasteiger charge is 2.02. The molecular formula is C11H12FNO3. The second kappa shape index (κ2) is 5.85. The summed E-state index contributed by atoms with van der Waals surface area (Å²) in [6.45, 7) is 0.140. The van der Waals surface area contributed by atoms with Crippen LogP contribution in [0.4, 0.5) is 4.39 Å². The number of carbonyl (C=O) groups is 2. The van der Waals surface area contributed by atoms with Crippen molar-refractivity contribution in [1.82, 2.24) is 5.32 Å². The third-order valence-corrected chi connectivity index (χ3v) is 1.91. The summed E-state index contributed by atoms with van der Waals surface area (Å²) >= 11 is 0. The van der Waals surface area contributed by atoms with E-state index < -0.39 is 5.82 Å². The number of ether oxygens (including phenoxy) is 1. The second-order valence-electron chi connectivity index (χ2n) is 3.11. The van der Waals surface area contributed by atoms with Crippen molar-refractivity contribution in [3.05, 3.63) is 29.6 Å². The summed E-state index contributed by atoms with van der Waals surface area (Å²) in [5.41, 5.74) is 0.204. The minimum absolute atomic E-state index is 0.140. The van der Waals surface area contributed by atoms with E-state index in [9.17, 15) is 14.0 Å². The van der Waals surface area contributed by atoms with Crippen molar-refractivity contribution >= 4 is 12.2 Å². The average molecular weight is 225 g/mol. The maximum Gasteiger partial charge on any atom is 0.223 e. The van der Waals surface area contributed by atoms with Crippen LogP contribution >= 0.6 is 0 Å². The zero-order chi connectivity index (χ0) is 12.0. The third-order valence-electron chi connectivity index (χ3n) is 1.91. The summed E-state index contributed by atoms with van der Waals surface area (Å²) in [5, 5.41) is 2.44. The number of amides is 1. The van der Waals surface area contributed by atoms with E-state index in [0.717, 1.165) is 12.1 Å². The number of nitrogens with one attached hydrogen (secondary N) is 1. The van der Waals surface area contributed by atoms with Gasteiger partial charge in [-0.3, -0.25) is 9.59 Å². The van der Waals surface area contributed by atoms with Crippen molar-refractivity contribution < 1.29 is 18.7 Å². The van der Waals surface area contributed by atoms with Crippen LogP contribution in [0.5, 0.6) is 5.75 Å². The molecule has 16 heavy (non-hydrogen) atoms. The minimum atomic E-state index is -0.542. The Balaban J connectivity index is 2.56. The summed E-state index contributed by atoms with van der Waals surface area (Å²) in [7, 11) is 1.52. The molecule has 86 valence electrons. The van der Waals surface area contributed by atoms with Gasteiger partial charge in [-0.05, 0) is 12.1 Å².